The number of anilines is 2. The standard InChI is InChI=1S/C14H13BrFN3O/c1-7-5-9(17)6-10(13(7)16)14(20)19-12-4-3-11(15)8(2)18-12/h3-6H,17H2,1-2H3,(H,18,19,20). The van der Waals surface area contributed by atoms with Crippen LogP contribution in [0.25, 0.3) is 0 Å². The molecular formula is C14H13BrFN3O. The fourth-order valence-electron chi connectivity index (χ4n) is 1.76. The molecule has 1 heterocycles. The highest BCUT2D eigenvalue weighted by molar-refractivity contribution is 9.10. The van der Waals surface area contributed by atoms with E-state index >= 15 is 0 Å². The third-order valence-electron chi connectivity index (χ3n) is 2.78. The predicted molar refractivity (Wildman–Crippen MR) is 80.2 cm³/mol. The lowest BCUT2D eigenvalue weighted by atomic mass is 10.1. The zero-order valence-corrected chi connectivity index (χ0v) is 12.6. The second-order valence-corrected chi connectivity index (χ2v) is 5.27. The number of aryl methyl sites for hydroxylation is 2. The number of nitrogens with one attached hydrogen (secondary N) is 1. The minimum atomic E-state index is -0.578. The van der Waals surface area contributed by atoms with Crippen molar-refractivity contribution in [2.24, 2.45) is 0 Å². The largest absolute Gasteiger partial charge is 0.399 e. The van der Waals surface area contributed by atoms with Crippen LogP contribution in [0.4, 0.5) is 15.9 Å². The Morgan fingerprint density at radius 2 is 2.05 bits per heavy atom. The van der Waals surface area contributed by atoms with Gasteiger partial charge in [0.15, 0.2) is 0 Å². The average molecular weight is 338 g/mol. The van der Waals surface area contributed by atoms with Gasteiger partial charge in [0, 0.05) is 10.2 Å². The number of rotatable bonds is 2. The molecule has 1 amide bonds. The third-order valence-corrected chi connectivity index (χ3v) is 3.62. The molecule has 104 valence electrons. The molecule has 0 saturated heterocycles. The van der Waals surface area contributed by atoms with Crippen LogP contribution in [0.5, 0.6) is 0 Å². The molecule has 1 aromatic carbocycles. The summed E-state index contributed by atoms with van der Waals surface area (Å²) in [6.07, 6.45) is 0. The highest BCUT2D eigenvalue weighted by atomic mass is 79.9. The van der Waals surface area contributed by atoms with Crippen molar-refractivity contribution < 1.29 is 9.18 Å². The first-order valence-electron chi connectivity index (χ1n) is 5.88. The molecule has 20 heavy (non-hydrogen) atoms. The molecule has 6 heteroatoms. The van der Waals surface area contributed by atoms with Crippen molar-refractivity contribution in [1.29, 1.82) is 0 Å². The van der Waals surface area contributed by atoms with E-state index in [2.05, 4.69) is 26.2 Å². The van der Waals surface area contributed by atoms with E-state index < -0.39 is 11.7 Å². The number of halogens is 2. The molecule has 0 fully saturated rings. The van der Waals surface area contributed by atoms with Crippen LogP contribution < -0.4 is 11.1 Å². The summed E-state index contributed by atoms with van der Waals surface area (Å²) in [4.78, 5) is 16.3. The number of hydrogen-bond donors (Lipinski definition) is 2. The Hall–Kier alpha value is -1.95. The number of nitrogen functional groups attached to an aromatic ring is 1. The van der Waals surface area contributed by atoms with E-state index in [1.165, 1.54) is 12.1 Å². The van der Waals surface area contributed by atoms with Crippen LogP contribution in [0.3, 0.4) is 0 Å². The Morgan fingerprint density at radius 3 is 2.70 bits per heavy atom. The van der Waals surface area contributed by atoms with Crippen LogP contribution in [-0.2, 0) is 0 Å². The quantitative estimate of drug-likeness (QED) is 0.825. The zero-order chi connectivity index (χ0) is 14.9. The number of amides is 1. The lowest BCUT2D eigenvalue weighted by Gasteiger charge is -2.09. The number of aromatic nitrogens is 1. The summed E-state index contributed by atoms with van der Waals surface area (Å²) in [5, 5.41) is 2.56. The zero-order valence-electron chi connectivity index (χ0n) is 11.0. The molecule has 0 aliphatic rings. The molecule has 2 rings (SSSR count). The van der Waals surface area contributed by atoms with Gasteiger partial charge >= 0.3 is 0 Å². The number of carbonyl (C=O) groups is 1. The van der Waals surface area contributed by atoms with E-state index in [1.54, 1.807) is 26.0 Å². The second-order valence-electron chi connectivity index (χ2n) is 4.42. The van der Waals surface area contributed by atoms with Crippen molar-refractivity contribution in [1.82, 2.24) is 4.98 Å². The molecule has 0 bridgehead atoms. The molecule has 3 N–H and O–H groups in total. The van der Waals surface area contributed by atoms with Gasteiger partial charge in [0.2, 0.25) is 0 Å². The maximum atomic E-state index is 13.9. The fourth-order valence-corrected chi connectivity index (χ4v) is 1.98. The average Bonchev–Trinajstić information content (AvgIpc) is 2.38. The molecule has 2 aromatic rings. The first kappa shape index (κ1) is 14.5. The SMILES string of the molecule is Cc1cc(N)cc(C(=O)Nc2ccc(Br)c(C)n2)c1F. The summed E-state index contributed by atoms with van der Waals surface area (Å²) in [7, 11) is 0. The predicted octanol–water partition coefficient (Wildman–Crippen LogP) is 3.43. The summed E-state index contributed by atoms with van der Waals surface area (Å²) in [6.45, 7) is 3.36. The summed E-state index contributed by atoms with van der Waals surface area (Å²) in [5.74, 6) is -0.798. The summed E-state index contributed by atoms with van der Waals surface area (Å²) < 4.78 is 14.8. The Kier molecular flexibility index (Phi) is 4.04. The maximum absolute atomic E-state index is 13.9. The first-order valence-corrected chi connectivity index (χ1v) is 6.68. The van der Waals surface area contributed by atoms with Gasteiger partial charge in [-0.25, -0.2) is 9.37 Å². The van der Waals surface area contributed by atoms with E-state index in [9.17, 15) is 9.18 Å². The van der Waals surface area contributed by atoms with Crippen molar-refractivity contribution in [3.63, 3.8) is 0 Å². The molecule has 0 spiro atoms. The van der Waals surface area contributed by atoms with Gasteiger partial charge in [0.05, 0.1) is 11.3 Å². The first-order chi connectivity index (χ1) is 9.38. The highest BCUT2D eigenvalue weighted by Crippen LogP contribution is 2.20. The molecule has 4 nitrogen and oxygen atoms in total. The van der Waals surface area contributed by atoms with Crippen molar-refractivity contribution >= 4 is 33.3 Å². The van der Waals surface area contributed by atoms with Crippen LogP contribution in [0.15, 0.2) is 28.7 Å². The van der Waals surface area contributed by atoms with E-state index in [4.69, 9.17) is 5.73 Å². The lowest BCUT2D eigenvalue weighted by molar-refractivity contribution is 0.102. The number of carbonyl (C=O) groups excluding carboxylic acids is 1. The van der Waals surface area contributed by atoms with E-state index in [1.807, 2.05) is 0 Å². The minimum Gasteiger partial charge on any atom is -0.399 e. The van der Waals surface area contributed by atoms with Crippen LogP contribution in [0.2, 0.25) is 0 Å². The van der Waals surface area contributed by atoms with E-state index in [-0.39, 0.29) is 5.56 Å². The Bertz CT molecular complexity index is 688. The Labute approximate surface area is 124 Å². The van der Waals surface area contributed by atoms with Gasteiger partial charge in [0.1, 0.15) is 11.6 Å². The second kappa shape index (κ2) is 5.58. The van der Waals surface area contributed by atoms with Crippen LogP contribution in [-0.4, -0.2) is 10.9 Å². The Balaban J connectivity index is 2.30. The monoisotopic (exact) mass is 337 g/mol. The molecule has 0 atom stereocenters. The lowest BCUT2D eigenvalue weighted by Crippen LogP contribution is -2.16. The van der Waals surface area contributed by atoms with Crippen molar-refractivity contribution in [2.75, 3.05) is 11.1 Å². The van der Waals surface area contributed by atoms with Gasteiger partial charge in [-0.2, -0.15) is 0 Å². The van der Waals surface area contributed by atoms with Crippen molar-refractivity contribution in [3.05, 3.63) is 51.4 Å². The normalized spacial score (nSPS) is 10.4. The molecule has 0 aliphatic carbocycles. The summed E-state index contributed by atoms with van der Waals surface area (Å²) >= 11 is 3.32. The smallest absolute Gasteiger partial charge is 0.259 e. The number of nitrogens with two attached hydrogens (primary N) is 1. The van der Waals surface area contributed by atoms with Gasteiger partial charge in [-0.1, -0.05) is 0 Å². The Morgan fingerprint density at radius 1 is 1.35 bits per heavy atom. The molecular weight excluding hydrogens is 325 g/mol. The molecule has 0 unspecified atom stereocenters. The number of nitrogens with zero attached hydrogens (tertiary/aromatic N) is 1. The maximum Gasteiger partial charge on any atom is 0.259 e. The minimum absolute atomic E-state index is 0.0927. The van der Waals surface area contributed by atoms with Crippen molar-refractivity contribution in [2.45, 2.75) is 13.8 Å². The van der Waals surface area contributed by atoms with Crippen LogP contribution in [0, 0.1) is 19.7 Å². The summed E-state index contributed by atoms with van der Waals surface area (Å²) in [5.41, 5.74) is 6.94. The molecule has 0 radical (unpaired) electrons. The molecule has 0 aliphatic heterocycles. The topological polar surface area (TPSA) is 68.0 Å². The molecule has 0 saturated carbocycles. The van der Waals surface area contributed by atoms with Gasteiger partial charge in [-0.05, 0) is 59.6 Å². The number of hydrogen-bond acceptors (Lipinski definition) is 3. The van der Waals surface area contributed by atoms with E-state index in [0.717, 1.165) is 10.2 Å². The summed E-state index contributed by atoms with van der Waals surface area (Å²) in [6, 6.07) is 6.18. The molecule has 1 aromatic heterocycles. The van der Waals surface area contributed by atoms with Gasteiger partial charge in [-0.15, -0.1) is 0 Å². The number of benzene rings is 1. The van der Waals surface area contributed by atoms with Gasteiger partial charge in [-0.3, -0.25) is 4.79 Å². The van der Waals surface area contributed by atoms with E-state index in [0.29, 0.717) is 17.1 Å². The third kappa shape index (κ3) is 2.96. The van der Waals surface area contributed by atoms with Gasteiger partial charge < -0.3 is 11.1 Å². The van der Waals surface area contributed by atoms with Gasteiger partial charge in [0.25, 0.3) is 5.91 Å². The van der Waals surface area contributed by atoms with Crippen LogP contribution >= 0.6 is 15.9 Å². The fraction of sp³-hybridized carbons (Fsp3) is 0.143. The highest BCUT2D eigenvalue weighted by Gasteiger charge is 2.15. The van der Waals surface area contributed by atoms with Crippen molar-refractivity contribution in [3.8, 4) is 0 Å². The number of pyridine rings is 1. The van der Waals surface area contributed by atoms with Crippen LogP contribution in [0.1, 0.15) is 21.6 Å².